The molecule has 0 heterocycles. The molecule has 2 rings (SSSR count). The molecular formula is C16H15F3N2O. The first-order valence-corrected chi connectivity index (χ1v) is 6.54. The summed E-state index contributed by atoms with van der Waals surface area (Å²) < 4.78 is 38.5. The number of rotatable bonds is 3. The summed E-state index contributed by atoms with van der Waals surface area (Å²) in [7, 11) is 3.39. The van der Waals surface area contributed by atoms with Gasteiger partial charge in [-0.15, -0.1) is 0 Å². The van der Waals surface area contributed by atoms with E-state index in [9.17, 15) is 18.0 Å². The lowest BCUT2D eigenvalue weighted by Gasteiger charge is -2.19. The van der Waals surface area contributed by atoms with E-state index in [1.165, 1.54) is 6.07 Å². The fraction of sp³-hybridized carbons (Fsp3) is 0.188. The summed E-state index contributed by atoms with van der Waals surface area (Å²) in [4.78, 5) is 13.8. The molecule has 3 nitrogen and oxygen atoms in total. The topological polar surface area (TPSA) is 32.3 Å². The van der Waals surface area contributed by atoms with E-state index < -0.39 is 17.6 Å². The molecule has 0 aliphatic heterocycles. The standard InChI is InChI=1S/C16H15F3N2O/c1-21(2)14-9-8-12(16(17,18)19)10-13(14)20-15(22)11-6-4-3-5-7-11/h3-10H,1-2H3,(H,20,22). The van der Waals surface area contributed by atoms with Crippen molar-refractivity contribution < 1.29 is 18.0 Å². The molecule has 0 bridgehead atoms. The van der Waals surface area contributed by atoms with Crippen LogP contribution in [0.15, 0.2) is 48.5 Å². The van der Waals surface area contributed by atoms with Crippen LogP contribution in [0.3, 0.4) is 0 Å². The second-order valence-corrected chi connectivity index (χ2v) is 4.94. The van der Waals surface area contributed by atoms with Gasteiger partial charge in [0, 0.05) is 19.7 Å². The lowest BCUT2D eigenvalue weighted by molar-refractivity contribution is -0.137. The molecule has 2 aromatic carbocycles. The van der Waals surface area contributed by atoms with Crippen LogP contribution in [0.1, 0.15) is 15.9 Å². The predicted octanol–water partition coefficient (Wildman–Crippen LogP) is 4.02. The zero-order chi connectivity index (χ0) is 16.3. The fourth-order valence-electron chi connectivity index (χ4n) is 1.99. The largest absolute Gasteiger partial charge is 0.416 e. The Kier molecular flexibility index (Phi) is 4.40. The Labute approximate surface area is 126 Å². The number of benzene rings is 2. The van der Waals surface area contributed by atoms with Crippen molar-refractivity contribution in [1.82, 2.24) is 0 Å². The van der Waals surface area contributed by atoms with Crippen LogP contribution in [-0.4, -0.2) is 20.0 Å². The van der Waals surface area contributed by atoms with E-state index in [4.69, 9.17) is 0 Å². The Hall–Kier alpha value is -2.50. The average Bonchev–Trinajstić information content (AvgIpc) is 2.47. The molecule has 0 aromatic heterocycles. The number of nitrogens with zero attached hydrogens (tertiary/aromatic N) is 1. The highest BCUT2D eigenvalue weighted by Crippen LogP contribution is 2.35. The van der Waals surface area contributed by atoms with Crippen LogP contribution in [0, 0.1) is 0 Å². The third-order valence-corrected chi connectivity index (χ3v) is 3.09. The molecule has 0 radical (unpaired) electrons. The molecular weight excluding hydrogens is 293 g/mol. The van der Waals surface area contributed by atoms with Gasteiger partial charge >= 0.3 is 6.18 Å². The Balaban J connectivity index is 2.37. The Morgan fingerprint density at radius 3 is 2.23 bits per heavy atom. The van der Waals surface area contributed by atoms with Gasteiger partial charge in [-0.05, 0) is 30.3 Å². The van der Waals surface area contributed by atoms with Crippen LogP contribution in [0.4, 0.5) is 24.5 Å². The number of carbonyl (C=O) groups excluding carboxylic acids is 1. The van der Waals surface area contributed by atoms with Gasteiger partial charge in [0.05, 0.1) is 16.9 Å². The molecule has 1 amide bonds. The van der Waals surface area contributed by atoms with Crippen molar-refractivity contribution in [3.63, 3.8) is 0 Å². The Morgan fingerprint density at radius 1 is 1.05 bits per heavy atom. The van der Waals surface area contributed by atoms with Crippen molar-refractivity contribution in [2.75, 3.05) is 24.3 Å². The van der Waals surface area contributed by atoms with E-state index in [2.05, 4.69) is 5.32 Å². The van der Waals surface area contributed by atoms with Gasteiger partial charge in [0.15, 0.2) is 0 Å². The summed E-state index contributed by atoms with van der Waals surface area (Å²) in [6, 6.07) is 11.6. The fourth-order valence-corrected chi connectivity index (χ4v) is 1.99. The molecule has 0 aliphatic carbocycles. The molecule has 0 fully saturated rings. The quantitative estimate of drug-likeness (QED) is 0.928. The molecule has 6 heteroatoms. The minimum absolute atomic E-state index is 0.119. The Bertz CT molecular complexity index is 667. The third kappa shape index (κ3) is 3.58. The number of halogens is 3. The minimum atomic E-state index is -4.46. The van der Waals surface area contributed by atoms with Gasteiger partial charge in [0.25, 0.3) is 5.91 Å². The average molecular weight is 308 g/mol. The maximum absolute atomic E-state index is 12.8. The molecule has 0 saturated carbocycles. The maximum atomic E-state index is 12.8. The molecule has 0 unspecified atom stereocenters. The van der Waals surface area contributed by atoms with Gasteiger partial charge in [-0.3, -0.25) is 4.79 Å². The van der Waals surface area contributed by atoms with Gasteiger partial charge in [-0.25, -0.2) is 0 Å². The lowest BCUT2D eigenvalue weighted by atomic mass is 10.1. The summed E-state index contributed by atoms with van der Waals surface area (Å²) in [5.41, 5.74) is 0.192. The van der Waals surface area contributed by atoms with Crippen molar-refractivity contribution in [2.24, 2.45) is 0 Å². The van der Waals surface area contributed by atoms with Crippen LogP contribution < -0.4 is 10.2 Å². The number of hydrogen-bond acceptors (Lipinski definition) is 2. The number of alkyl halides is 3. The Morgan fingerprint density at radius 2 is 1.68 bits per heavy atom. The van der Waals surface area contributed by atoms with Gasteiger partial charge in [-0.1, -0.05) is 18.2 Å². The third-order valence-electron chi connectivity index (χ3n) is 3.09. The zero-order valence-electron chi connectivity index (χ0n) is 12.1. The van der Waals surface area contributed by atoms with Crippen LogP contribution in [0.25, 0.3) is 0 Å². The van der Waals surface area contributed by atoms with E-state index in [0.717, 1.165) is 12.1 Å². The first kappa shape index (κ1) is 15.9. The second-order valence-electron chi connectivity index (χ2n) is 4.94. The summed E-state index contributed by atoms with van der Waals surface area (Å²) in [5, 5.41) is 2.54. The summed E-state index contributed by atoms with van der Waals surface area (Å²) in [5.74, 6) is -0.456. The SMILES string of the molecule is CN(C)c1ccc(C(F)(F)F)cc1NC(=O)c1ccccc1. The molecule has 2 aromatic rings. The summed E-state index contributed by atoms with van der Waals surface area (Å²) in [6.07, 6.45) is -4.46. The van der Waals surface area contributed by atoms with Crippen molar-refractivity contribution >= 4 is 17.3 Å². The first-order chi connectivity index (χ1) is 10.3. The summed E-state index contributed by atoms with van der Waals surface area (Å²) in [6.45, 7) is 0. The highest BCUT2D eigenvalue weighted by Gasteiger charge is 2.31. The predicted molar refractivity (Wildman–Crippen MR) is 80.2 cm³/mol. The van der Waals surface area contributed by atoms with E-state index in [1.54, 1.807) is 49.3 Å². The maximum Gasteiger partial charge on any atom is 0.416 e. The van der Waals surface area contributed by atoms with Crippen LogP contribution >= 0.6 is 0 Å². The summed E-state index contributed by atoms with van der Waals surface area (Å²) >= 11 is 0. The molecule has 1 N–H and O–H groups in total. The molecule has 0 saturated heterocycles. The number of carbonyl (C=O) groups is 1. The second kappa shape index (κ2) is 6.09. The van der Waals surface area contributed by atoms with Crippen molar-refractivity contribution in [3.05, 3.63) is 59.7 Å². The molecule has 22 heavy (non-hydrogen) atoms. The van der Waals surface area contributed by atoms with Crippen molar-refractivity contribution in [3.8, 4) is 0 Å². The first-order valence-electron chi connectivity index (χ1n) is 6.54. The number of amides is 1. The van der Waals surface area contributed by atoms with E-state index >= 15 is 0 Å². The molecule has 0 atom stereocenters. The highest BCUT2D eigenvalue weighted by molar-refractivity contribution is 6.06. The van der Waals surface area contributed by atoms with Gasteiger partial charge in [0.1, 0.15) is 0 Å². The molecule has 0 spiro atoms. The van der Waals surface area contributed by atoms with Crippen molar-refractivity contribution in [2.45, 2.75) is 6.18 Å². The highest BCUT2D eigenvalue weighted by atomic mass is 19.4. The number of anilines is 2. The monoisotopic (exact) mass is 308 g/mol. The lowest BCUT2D eigenvalue weighted by Crippen LogP contribution is -2.18. The zero-order valence-corrected chi connectivity index (χ0v) is 12.1. The van der Waals surface area contributed by atoms with Gasteiger partial charge in [0.2, 0.25) is 0 Å². The van der Waals surface area contributed by atoms with Crippen molar-refractivity contribution in [1.29, 1.82) is 0 Å². The number of hydrogen-bond donors (Lipinski definition) is 1. The van der Waals surface area contributed by atoms with E-state index in [1.807, 2.05) is 0 Å². The van der Waals surface area contributed by atoms with Crippen LogP contribution in [0.2, 0.25) is 0 Å². The van der Waals surface area contributed by atoms with Gasteiger partial charge in [-0.2, -0.15) is 13.2 Å². The minimum Gasteiger partial charge on any atom is -0.376 e. The smallest absolute Gasteiger partial charge is 0.376 e. The van der Waals surface area contributed by atoms with Gasteiger partial charge < -0.3 is 10.2 Å². The molecule has 0 aliphatic rings. The van der Waals surface area contributed by atoms with E-state index in [-0.39, 0.29) is 5.69 Å². The molecule has 116 valence electrons. The van der Waals surface area contributed by atoms with Crippen LogP contribution in [-0.2, 0) is 6.18 Å². The van der Waals surface area contributed by atoms with Crippen LogP contribution in [0.5, 0.6) is 0 Å². The number of nitrogens with one attached hydrogen (secondary N) is 1. The normalized spacial score (nSPS) is 11.1. The van der Waals surface area contributed by atoms with E-state index in [0.29, 0.717) is 11.3 Å².